The first-order valence-corrected chi connectivity index (χ1v) is 10.2. The van der Waals surface area contributed by atoms with Crippen molar-refractivity contribution < 1.29 is 27.0 Å². The maximum atomic E-state index is 14.6. The zero-order valence-corrected chi connectivity index (χ0v) is 18.5. The topological polar surface area (TPSA) is 79.1 Å². The van der Waals surface area contributed by atoms with E-state index in [1.165, 1.54) is 60.5 Å². The van der Waals surface area contributed by atoms with Crippen molar-refractivity contribution in [2.75, 3.05) is 0 Å². The molecule has 0 bridgehead atoms. The Morgan fingerprint density at radius 3 is 2.46 bits per heavy atom. The molecule has 0 amide bonds. The van der Waals surface area contributed by atoms with Crippen LogP contribution in [0.15, 0.2) is 66.0 Å². The van der Waals surface area contributed by atoms with E-state index in [0.717, 1.165) is 12.1 Å². The highest BCUT2D eigenvalue weighted by atomic mass is 19.4. The van der Waals surface area contributed by atoms with Gasteiger partial charge in [-0.2, -0.15) is 18.2 Å². The number of hydrogen-bond acceptors (Lipinski definition) is 6. The second-order valence-electron chi connectivity index (χ2n) is 7.58. The molecule has 0 unspecified atom stereocenters. The minimum absolute atomic E-state index is 0.0204. The Balaban J connectivity index is 1.50. The first-order valence-electron chi connectivity index (χ1n) is 10.2. The van der Waals surface area contributed by atoms with E-state index in [2.05, 4.69) is 15.0 Å². The van der Waals surface area contributed by atoms with Gasteiger partial charge in [-0.15, -0.1) is 0 Å². The number of alkyl halides is 3. The van der Waals surface area contributed by atoms with E-state index in [9.17, 15) is 22.4 Å². The number of halogens is 4. The Labute approximate surface area is 196 Å². The number of aryl methyl sites for hydroxylation is 1. The molecule has 0 fully saturated rings. The number of benzene rings is 2. The molecule has 0 aliphatic heterocycles. The minimum Gasteiger partial charge on any atom is -0.473 e. The van der Waals surface area contributed by atoms with E-state index in [1.807, 2.05) is 0 Å². The lowest BCUT2D eigenvalue weighted by molar-refractivity contribution is -0.138. The summed E-state index contributed by atoms with van der Waals surface area (Å²) in [6.07, 6.45) is -0.129. The van der Waals surface area contributed by atoms with Crippen molar-refractivity contribution in [1.29, 1.82) is 0 Å². The SMILES string of the molecule is Cc1ccc(Oc2ccc(COc3cc(-c4cncnc4)n(C)c(=O)n3)cc2F)cc1C(F)(F)F. The first kappa shape index (κ1) is 23.9. The Kier molecular flexibility index (Phi) is 6.50. The van der Waals surface area contributed by atoms with Crippen LogP contribution in [0, 0.1) is 12.7 Å². The molecular weight excluding hydrogens is 468 g/mol. The van der Waals surface area contributed by atoms with Crippen LogP contribution >= 0.6 is 0 Å². The molecule has 0 aliphatic rings. The molecular formula is C24H18F4N4O3. The van der Waals surface area contributed by atoms with Gasteiger partial charge in [-0.1, -0.05) is 12.1 Å². The van der Waals surface area contributed by atoms with Gasteiger partial charge in [0.05, 0.1) is 11.3 Å². The number of nitrogens with zero attached hydrogens (tertiary/aromatic N) is 4. The van der Waals surface area contributed by atoms with Crippen LogP contribution in [0.25, 0.3) is 11.3 Å². The molecule has 0 saturated heterocycles. The summed E-state index contributed by atoms with van der Waals surface area (Å²) in [5.41, 5.74) is 0.0615. The molecule has 7 nitrogen and oxygen atoms in total. The Morgan fingerprint density at radius 1 is 1.03 bits per heavy atom. The zero-order valence-electron chi connectivity index (χ0n) is 18.5. The van der Waals surface area contributed by atoms with Crippen molar-refractivity contribution in [2.45, 2.75) is 19.7 Å². The summed E-state index contributed by atoms with van der Waals surface area (Å²) in [5, 5.41) is 0. The lowest BCUT2D eigenvalue weighted by Gasteiger charge is -2.14. The van der Waals surface area contributed by atoms with E-state index in [4.69, 9.17) is 9.47 Å². The highest BCUT2D eigenvalue weighted by Crippen LogP contribution is 2.35. The van der Waals surface area contributed by atoms with Crippen LogP contribution in [0.2, 0.25) is 0 Å². The number of aromatic nitrogens is 4. The van der Waals surface area contributed by atoms with Gasteiger partial charge >= 0.3 is 11.9 Å². The molecule has 0 spiro atoms. The predicted octanol–water partition coefficient (Wildman–Crippen LogP) is 5.07. The summed E-state index contributed by atoms with van der Waals surface area (Å²) >= 11 is 0. The quantitative estimate of drug-likeness (QED) is 0.354. The van der Waals surface area contributed by atoms with Crippen molar-refractivity contribution in [3.63, 3.8) is 0 Å². The molecule has 0 atom stereocenters. The Morgan fingerprint density at radius 2 is 1.77 bits per heavy atom. The molecule has 11 heteroatoms. The van der Waals surface area contributed by atoms with Crippen molar-refractivity contribution >= 4 is 0 Å². The average Bonchev–Trinajstić information content (AvgIpc) is 2.82. The molecule has 4 aromatic rings. The van der Waals surface area contributed by atoms with Crippen LogP contribution in [0.1, 0.15) is 16.7 Å². The summed E-state index contributed by atoms with van der Waals surface area (Å²) in [5.74, 6) is -1.16. The molecule has 180 valence electrons. The summed E-state index contributed by atoms with van der Waals surface area (Å²) in [7, 11) is 1.54. The first-order chi connectivity index (χ1) is 16.6. The standard InChI is InChI=1S/C24H18F4N4O3/c1-14-3-5-17(8-18(14)24(26,27)28)35-21-6-4-15(7-19(21)25)12-34-22-9-20(32(2)23(33)31-22)16-10-29-13-30-11-16/h3-11,13H,12H2,1-2H3. The fourth-order valence-corrected chi connectivity index (χ4v) is 3.27. The minimum atomic E-state index is -4.55. The van der Waals surface area contributed by atoms with Crippen molar-refractivity contribution in [1.82, 2.24) is 19.5 Å². The molecule has 2 heterocycles. The number of hydrogen-bond donors (Lipinski definition) is 0. The summed E-state index contributed by atoms with van der Waals surface area (Å²) in [6.45, 7) is 1.21. The van der Waals surface area contributed by atoms with E-state index < -0.39 is 23.2 Å². The predicted molar refractivity (Wildman–Crippen MR) is 117 cm³/mol. The second kappa shape index (κ2) is 9.53. The van der Waals surface area contributed by atoms with E-state index in [0.29, 0.717) is 16.8 Å². The monoisotopic (exact) mass is 486 g/mol. The normalized spacial score (nSPS) is 11.4. The van der Waals surface area contributed by atoms with Gasteiger partial charge in [0.2, 0.25) is 5.88 Å². The van der Waals surface area contributed by atoms with Crippen molar-refractivity contribution in [3.8, 4) is 28.6 Å². The molecule has 0 saturated carbocycles. The smallest absolute Gasteiger partial charge is 0.416 e. The van der Waals surface area contributed by atoms with E-state index in [-0.39, 0.29) is 29.5 Å². The highest BCUT2D eigenvalue weighted by Gasteiger charge is 2.32. The molecule has 2 aromatic carbocycles. The lowest BCUT2D eigenvalue weighted by Crippen LogP contribution is -2.22. The molecule has 35 heavy (non-hydrogen) atoms. The van der Waals surface area contributed by atoms with Gasteiger partial charge in [0.25, 0.3) is 0 Å². The van der Waals surface area contributed by atoms with Crippen LogP contribution in [0.3, 0.4) is 0 Å². The zero-order chi connectivity index (χ0) is 25.2. The van der Waals surface area contributed by atoms with Gasteiger partial charge in [0.15, 0.2) is 11.6 Å². The van der Waals surface area contributed by atoms with Gasteiger partial charge in [-0.05, 0) is 42.3 Å². The van der Waals surface area contributed by atoms with Crippen molar-refractivity contribution in [2.24, 2.45) is 7.05 Å². The van der Waals surface area contributed by atoms with E-state index in [1.54, 1.807) is 7.05 Å². The number of rotatable bonds is 6. The summed E-state index contributed by atoms with van der Waals surface area (Å²) < 4.78 is 66.2. The largest absolute Gasteiger partial charge is 0.473 e. The molecule has 0 aliphatic carbocycles. The lowest BCUT2D eigenvalue weighted by atomic mass is 10.1. The van der Waals surface area contributed by atoms with E-state index >= 15 is 0 Å². The Hall–Kier alpha value is -4.28. The van der Waals surface area contributed by atoms with Gasteiger partial charge in [0, 0.05) is 31.1 Å². The third kappa shape index (κ3) is 5.45. The molecule has 0 radical (unpaired) electrons. The third-order valence-electron chi connectivity index (χ3n) is 5.10. The van der Waals surface area contributed by atoms with Gasteiger partial charge in [-0.25, -0.2) is 19.2 Å². The molecule has 4 rings (SSSR count). The second-order valence-corrected chi connectivity index (χ2v) is 7.58. The van der Waals surface area contributed by atoms with Crippen LogP contribution in [-0.2, 0) is 19.8 Å². The Bertz CT molecular complexity index is 1420. The fraction of sp³-hybridized carbons (Fsp3) is 0.167. The molecule has 0 N–H and O–H groups in total. The van der Waals surface area contributed by atoms with Crippen LogP contribution in [-0.4, -0.2) is 19.5 Å². The van der Waals surface area contributed by atoms with Gasteiger partial charge < -0.3 is 9.47 Å². The summed E-state index contributed by atoms with van der Waals surface area (Å²) in [4.78, 5) is 23.9. The van der Waals surface area contributed by atoms with Crippen LogP contribution in [0.5, 0.6) is 17.4 Å². The molecule has 2 aromatic heterocycles. The fourth-order valence-electron chi connectivity index (χ4n) is 3.27. The highest BCUT2D eigenvalue weighted by molar-refractivity contribution is 5.58. The average molecular weight is 486 g/mol. The summed E-state index contributed by atoms with van der Waals surface area (Å²) in [6, 6.07) is 8.84. The van der Waals surface area contributed by atoms with Gasteiger partial charge in [0.1, 0.15) is 18.7 Å². The maximum Gasteiger partial charge on any atom is 0.416 e. The number of ether oxygens (including phenoxy) is 2. The third-order valence-corrected chi connectivity index (χ3v) is 5.10. The van der Waals surface area contributed by atoms with Crippen LogP contribution in [0.4, 0.5) is 17.6 Å². The van der Waals surface area contributed by atoms with Crippen molar-refractivity contribution in [3.05, 3.63) is 94.2 Å². The van der Waals surface area contributed by atoms with Gasteiger partial charge in [-0.3, -0.25) is 4.57 Å². The maximum absolute atomic E-state index is 14.6. The van der Waals surface area contributed by atoms with Crippen LogP contribution < -0.4 is 15.2 Å².